The first kappa shape index (κ1) is 16.5. The molecule has 0 bridgehead atoms. The first-order valence-corrected chi connectivity index (χ1v) is 9.53. The Balaban J connectivity index is 1.51. The predicted octanol–water partition coefficient (Wildman–Crippen LogP) is 3.63. The SMILES string of the molecule is C[C@@H]1CCCC[C@@H]1NC(=O)CSc1ccc2c(c1)OCCCO2. The van der Waals surface area contributed by atoms with Crippen molar-refractivity contribution in [3.8, 4) is 11.5 Å². The molecule has 0 spiro atoms. The number of hydrogen-bond acceptors (Lipinski definition) is 4. The summed E-state index contributed by atoms with van der Waals surface area (Å²) in [4.78, 5) is 13.2. The van der Waals surface area contributed by atoms with Crippen LogP contribution in [0.2, 0.25) is 0 Å². The summed E-state index contributed by atoms with van der Waals surface area (Å²) in [5, 5.41) is 3.20. The van der Waals surface area contributed by atoms with Gasteiger partial charge in [-0.1, -0.05) is 19.8 Å². The Morgan fingerprint density at radius 1 is 1.17 bits per heavy atom. The lowest BCUT2D eigenvalue weighted by Gasteiger charge is -2.29. The molecular formula is C18H25NO3S. The van der Waals surface area contributed by atoms with E-state index in [0.29, 0.717) is 30.9 Å². The van der Waals surface area contributed by atoms with Gasteiger partial charge in [0.1, 0.15) is 0 Å². The summed E-state index contributed by atoms with van der Waals surface area (Å²) < 4.78 is 11.3. The van der Waals surface area contributed by atoms with Gasteiger partial charge < -0.3 is 14.8 Å². The first-order valence-electron chi connectivity index (χ1n) is 8.54. The minimum absolute atomic E-state index is 0.126. The van der Waals surface area contributed by atoms with E-state index < -0.39 is 0 Å². The van der Waals surface area contributed by atoms with Gasteiger partial charge in [0.2, 0.25) is 5.91 Å². The second kappa shape index (κ2) is 7.95. The summed E-state index contributed by atoms with van der Waals surface area (Å²) in [6, 6.07) is 6.25. The summed E-state index contributed by atoms with van der Waals surface area (Å²) in [5.41, 5.74) is 0. The van der Waals surface area contributed by atoms with Gasteiger partial charge in [0.05, 0.1) is 19.0 Å². The molecule has 2 aliphatic rings. The number of hydrogen-bond donors (Lipinski definition) is 1. The third kappa shape index (κ3) is 4.56. The highest BCUT2D eigenvalue weighted by Gasteiger charge is 2.22. The van der Waals surface area contributed by atoms with E-state index in [0.717, 1.165) is 29.2 Å². The molecule has 1 heterocycles. The van der Waals surface area contributed by atoms with E-state index in [2.05, 4.69) is 12.2 Å². The molecule has 0 unspecified atom stereocenters. The van der Waals surface area contributed by atoms with Gasteiger partial charge in [-0.05, 0) is 37.0 Å². The Hall–Kier alpha value is -1.36. The molecule has 23 heavy (non-hydrogen) atoms. The van der Waals surface area contributed by atoms with Crippen molar-refractivity contribution >= 4 is 17.7 Å². The third-order valence-electron chi connectivity index (χ3n) is 4.55. The number of carbonyl (C=O) groups excluding carboxylic acids is 1. The predicted molar refractivity (Wildman–Crippen MR) is 92.3 cm³/mol. The normalized spacial score (nSPS) is 23.9. The fourth-order valence-electron chi connectivity index (χ4n) is 3.16. The fourth-order valence-corrected chi connectivity index (χ4v) is 3.90. The minimum Gasteiger partial charge on any atom is -0.490 e. The van der Waals surface area contributed by atoms with Gasteiger partial charge in [0.15, 0.2) is 11.5 Å². The molecule has 2 atom stereocenters. The summed E-state index contributed by atoms with van der Waals surface area (Å²) in [6.45, 7) is 3.61. The molecule has 1 aromatic carbocycles. The molecule has 1 saturated carbocycles. The van der Waals surface area contributed by atoms with Crippen molar-refractivity contribution < 1.29 is 14.3 Å². The fraction of sp³-hybridized carbons (Fsp3) is 0.611. The number of fused-ring (bicyclic) bond motifs is 1. The molecule has 1 aliphatic heterocycles. The van der Waals surface area contributed by atoms with Crippen LogP contribution in [0.5, 0.6) is 11.5 Å². The van der Waals surface area contributed by atoms with Crippen molar-refractivity contribution in [2.75, 3.05) is 19.0 Å². The Labute approximate surface area is 142 Å². The average Bonchev–Trinajstić information content (AvgIpc) is 2.80. The lowest BCUT2D eigenvalue weighted by molar-refractivity contribution is -0.119. The standard InChI is InChI=1S/C18H25NO3S/c1-13-5-2-3-6-15(13)19-18(20)12-23-14-7-8-16-17(11-14)22-10-4-9-21-16/h7-8,11,13,15H,2-6,9-10,12H2,1H3,(H,19,20)/t13-,15+/m1/s1. The van der Waals surface area contributed by atoms with Gasteiger partial charge in [0, 0.05) is 17.4 Å². The van der Waals surface area contributed by atoms with Crippen LogP contribution in [0.25, 0.3) is 0 Å². The minimum atomic E-state index is 0.126. The molecular weight excluding hydrogens is 310 g/mol. The maximum absolute atomic E-state index is 12.2. The maximum atomic E-state index is 12.2. The number of carbonyl (C=O) groups is 1. The highest BCUT2D eigenvalue weighted by Crippen LogP contribution is 2.34. The van der Waals surface area contributed by atoms with E-state index in [1.807, 2.05) is 18.2 Å². The van der Waals surface area contributed by atoms with Crippen molar-refractivity contribution in [3.05, 3.63) is 18.2 Å². The van der Waals surface area contributed by atoms with E-state index in [-0.39, 0.29) is 5.91 Å². The molecule has 0 aromatic heterocycles. The van der Waals surface area contributed by atoms with Crippen molar-refractivity contribution in [2.24, 2.45) is 5.92 Å². The Morgan fingerprint density at radius 3 is 2.78 bits per heavy atom. The number of thioether (sulfide) groups is 1. The molecule has 1 fully saturated rings. The van der Waals surface area contributed by atoms with Gasteiger partial charge in [-0.15, -0.1) is 11.8 Å². The van der Waals surface area contributed by atoms with E-state index in [4.69, 9.17) is 9.47 Å². The highest BCUT2D eigenvalue weighted by molar-refractivity contribution is 8.00. The molecule has 126 valence electrons. The van der Waals surface area contributed by atoms with Crippen molar-refractivity contribution in [1.29, 1.82) is 0 Å². The number of amides is 1. The molecule has 1 amide bonds. The molecule has 5 heteroatoms. The number of rotatable bonds is 4. The van der Waals surface area contributed by atoms with Crippen LogP contribution in [0, 0.1) is 5.92 Å². The van der Waals surface area contributed by atoms with E-state index in [9.17, 15) is 4.79 Å². The van der Waals surface area contributed by atoms with Gasteiger partial charge in [-0.2, -0.15) is 0 Å². The zero-order chi connectivity index (χ0) is 16.1. The molecule has 1 aromatic rings. The van der Waals surface area contributed by atoms with E-state index >= 15 is 0 Å². The van der Waals surface area contributed by atoms with Crippen LogP contribution in [0.4, 0.5) is 0 Å². The van der Waals surface area contributed by atoms with Crippen LogP contribution >= 0.6 is 11.8 Å². The van der Waals surface area contributed by atoms with Crippen LogP contribution in [0.3, 0.4) is 0 Å². The molecule has 4 nitrogen and oxygen atoms in total. The molecule has 1 N–H and O–H groups in total. The average molecular weight is 335 g/mol. The Bertz CT molecular complexity index is 549. The van der Waals surface area contributed by atoms with E-state index in [1.165, 1.54) is 19.3 Å². The molecule has 0 saturated heterocycles. The topological polar surface area (TPSA) is 47.6 Å². The van der Waals surface area contributed by atoms with Crippen LogP contribution in [-0.4, -0.2) is 30.9 Å². The molecule has 0 radical (unpaired) electrons. The number of nitrogens with one attached hydrogen (secondary N) is 1. The zero-order valence-electron chi connectivity index (χ0n) is 13.7. The summed E-state index contributed by atoms with van der Waals surface area (Å²) in [5.74, 6) is 2.75. The molecule has 3 rings (SSSR count). The van der Waals surface area contributed by atoms with Gasteiger partial charge >= 0.3 is 0 Å². The zero-order valence-corrected chi connectivity index (χ0v) is 14.5. The lowest BCUT2D eigenvalue weighted by Crippen LogP contribution is -2.41. The molecule has 1 aliphatic carbocycles. The second-order valence-electron chi connectivity index (χ2n) is 6.38. The number of ether oxygens (including phenoxy) is 2. The summed E-state index contributed by atoms with van der Waals surface area (Å²) in [6.07, 6.45) is 5.76. The van der Waals surface area contributed by atoms with Gasteiger partial charge in [0.25, 0.3) is 0 Å². The lowest BCUT2D eigenvalue weighted by atomic mass is 9.86. The smallest absolute Gasteiger partial charge is 0.230 e. The Kier molecular flexibility index (Phi) is 5.70. The summed E-state index contributed by atoms with van der Waals surface area (Å²) in [7, 11) is 0. The maximum Gasteiger partial charge on any atom is 0.230 e. The second-order valence-corrected chi connectivity index (χ2v) is 7.43. The van der Waals surface area contributed by atoms with Crippen LogP contribution in [0.1, 0.15) is 39.0 Å². The monoisotopic (exact) mass is 335 g/mol. The van der Waals surface area contributed by atoms with Gasteiger partial charge in [-0.25, -0.2) is 0 Å². The van der Waals surface area contributed by atoms with Crippen LogP contribution in [0.15, 0.2) is 23.1 Å². The largest absolute Gasteiger partial charge is 0.490 e. The van der Waals surface area contributed by atoms with Crippen molar-refractivity contribution in [3.63, 3.8) is 0 Å². The first-order chi connectivity index (χ1) is 11.2. The van der Waals surface area contributed by atoms with E-state index in [1.54, 1.807) is 11.8 Å². The van der Waals surface area contributed by atoms with Crippen LogP contribution < -0.4 is 14.8 Å². The van der Waals surface area contributed by atoms with Crippen molar-refractivity contribution in [1.82, 2.24) is 5.32 Å². The Morgan fingerprint density at radius 2 is 1.96 bits per heavy atom. The van der Waals surface area contributed by atoms with Crippen molar-refractivity contribution in [2.45, 2.75) is 50.0 Å². The van der Waals surface area contributed by atoms with Gasteiger partial charge in [-0.3, -0.25) is 4.79 Å². The summed E-state index contributed by atoms with van der Waals surface area (Å²) >= 11 is 1.55. The van der Waals surface area contributed by atoms with Crippen LogP contribution in [-0.2, 0) is 4.79 Å². The quantitative estimate of drug-likeness (QED) is 0.854. The number of benzene rings is 1. The highest BCUT2D eigenvalue weighted by atomic mass is 32.2. The third-order valence-corrected chi connectivity index (χ3v) is 5.54.